The molecule has 0 spiro atoms. The Hall–Kier alpha value is -0.380. The number of aliphatic imine (C=N–C) groups is 1. The van der Waals surface area contributed by atoms with Gasteiger partial charge in [0, 0.05) is 22.3 Å². The normalized spacial score (nSPS) is 13.4. The van der Waals surface area contributed by atoms with Crippen molar-refractivity contribution in [2.45, 2.75) is 52.4 Å². The van der Waals surface area contributed by atoms with E-state index < -0.39 is 10.8 Å². The molecule has 0 aromatic carbocycles. The highest BCUT2D eigenvalue weighted by atomic mass is 32.2. The van der Waals surface area contributed by atoms with Gasteiger partial charge in [-0.15, -0.1) is 0 Å². The molecule has 1 aliphatic heterocycles. The quantitative estimate of drug-likeness (QED) is 0.630. The van der Waals surface area contributed by atoms with Gasteiger partial charge < -0.3 is 4.74 Å². The minimum Gasteiger partial charge on any atom is -0.482 e. The number of hydrogen-bond acceptors (Lipinski definition) is 3. The molecule has 0 amide bonds. The lowest BCUT2D eigenvalue weighted by molar-refractivity contribution is 0.361. The number of nitrogens with zero attached hydrogens (tertiary/aromatic N) is 1. The molecule has 0 fully saturated rings. The van der Waals surface area contributed by atoms with Crippen LogP contribution in [0.5, 0.6) is 0 Å². The fourth-order valence-corrected chi connectivity index (χ4v) is 2.65. The number of hydrogen-bond donors (Lipinski definition) is 0. The smallest absolute Gasteiger partial charge is 0.169 e. The van der Waals surface area contributed by atoms with E-state index in [1.807, 2.05) is 0 Å². The molecule has 1 heterocycles. The summed E-state index contributed by atoms with van der Waals surface area (Å²) in [7, 11) is -0.523. The third kappa shape index (κ3) is 13.6. The summed E-state index contributed by atoms with van der Waals surface area (Å²) in [6, 6.07) is 0. The van der Waals surface area contributed by atoms with E-state index in [9.17, 15) is 4.21 Å². The van der Waals surface area contributed by atoms with E-state index in [1.54, 1.807) is 0 Å². The van der Waals surface area contributed by atoms with Crippen molar-refractivity contribution < 1.29 is 8.95 Å². The van der Waals surface area contributed by atoms with Crippen molar-refractivity contribution >= 4 is 17.2 Å². The van der Waals surface area contributed by atoms with Gasteiger partial charge in [0.05, 0.1) is 6.54 Å². The van der Waals surface area contributed by atoms with Gasteiger partial charge in [-0.05, 0) is 12.8 Å². The minimum absolute atomic E-state index is 0.523. The second kappa shape index (κ2) is 13.7. The zero-order chi connectivity index (χ0) is 12.8. The number of rotatable bonds is 8. The Balaban J connectivity index is 0.000000419. The van der Waals surface area contributed by atoms with Gasteiger partial charge in [-0.1, -0.05) is 39.5 Å². The summed E-state index contributed by atoms with van der Waals surface area (Å²) in [6.07, 6.45) is 8.71. The van der Waals surface area contributed by atoms with Crippen molar-refractivity contribution in [2.24, 2.45) is 4.99 Å². The molecule has 0 atom stereocenters. The largest absolute Gasteiger partial charge is 0.482 e. The first-order valence-electron chi connectivity index (χ1n) is 6.76. The monoisotopic (exact) mass is 261 g/mol. The van der Waals surface area contributed by atoms with Crippen molar-refractivity contribution in [1.29, 1.82) is 0 Å². The van der Waals surface area contributed by atoms with Crippen LogP contribution in [-0.4, -0.2) is 35.3 Å². The number of unbranched alkanes of at least 4 members (excludes halogenated alkanes) is 4. The SMILES string of the molecule is C1=NCCO1.CCCCCS(=O)CCCCC. The van der Waals surface area contributed by atoms with E-state index in [2.05, 4.69) is 23.6 Å². The molecule has 0 saturated heterocycles. The topological polar surface area (TPSA) is 38.7 Å². The average Bonchev–Trinajstić information content (AvgIpc) is 2.88. The lowest BCUT2D eigenvalue weighted by Gasteiger charge is -2.00. The molecule has 0 unspecified atom stereocenters. The van der Waals surface area contributed by atoms with Crippen molar-refractivity contribution in [3.05, 3.63) is 0 Å². The van der Waals surface area contributed by atoms with Crippen molar-refractivity contribution in [1.82, 2.24) is 0 Å². The lowest BCUT2D eigenvalue weighted by Crippen LogP contribution is -2.02. The maximum absolute atomic E-state index is 11.3. The summed E-state index contributed by atoms with van der Waals surface area (Å²) in [6.45, 7) is 5.99. The summed E-state index contributed by atoms with van der Waals surface area (Å²) >= 11 is 0. The highest BCUT2D eigenvalue weighted by Gasteiger charge is 1.97. The van der Waals surface area contributed by atoms with Gasteiger partial charge in [0.15, 0.2) is 6.40 Å². The predicted molar refractivity (Wildman–Crippen MR) is 76.2 cm³/mol. The minimum atomic E-state index is -0.523. The van der Waals surface area contributed by atoms with Crippen LogP contribution in [0.15, 0.2) is 4.99 Å². The fraction of sp³-hybridized carbons (Fsp3) is 0.923. The second-order valence-electron chi connectivity index (χ2n) is 4.14. The van der Waals surface area contributed by atoms with E-state index in [1.165, 1.54) is 32.1 Å². The van der Waals surface area contributed by atoms with Gasteiger partial charge in [0.25, 0.3) is 0 Å². The van der Waals surface area contributed by atoms with Crippen LogP contribution in [0.1, 0.15) is 52.4 Å². The predicted octanol–water partition coefficient (Wildman–Crippen LogP) is 3.16. The van der Waals surface area contributed by atoms with E-state index in [0.717, 1.165) is 37.5 Å². The van der Waals surface area contributed by atoms with Crippen LogP contribution in [0, 0.1) is 0 Å². The van der Waals surface area contributed by atoms with Crippen LogP contribution in [-0.2, 0) is 15.5 Å². The van der Waals surface area contributed by atoms with E-state index >= 15 is 0 Å². The Morgan fingerprint density at radius 2 is 1.71 bits per heavy atom. The lowest BCUT2D eigenvalue weighted by atomic mass is 10.3. The molecule has 0 aromatic rings. The Morgan fingerprint density at radius 1 is 1.12 bits per heavy atom. The van der Waals surface area contributed by atoms with Gasteiger partial charge in [-0.25, -0.2) is 0 Å². The van der Waals surface area contributed by atoms with Crippen LogP contribution in [0.3, 0.4) is 0 Å². The highest BCUT2D eigenvalue weighted by molar-refractivity contribution is 7.84. The van der Waals surface area contributed by atoms with Crippen LogP contribution >= 0.6 is 0 Å². The first kappa shape index (κ1) is 16.6. The summed E-state index contributed by atoms with van der Waals surface area (Å²) < 4.78 is 16.0. The zero-order valence-corrected chi connectivity index (χ0v) is 12.1. The van der Waals surface area contributed by atoms with Crippen LogP contribution in [0.2, 0.25) is 0 Å². The molecular formula is C13H27NO2S. The molecule has 0 saturated carbocycles. The zero-order valence-electron chi connectivity index (χ0n) is 11.3. The number of ether oxygens (including phenoxy) is 1. The molecule has 0 aromatic heterocycles. The van der Waals surface area contributed by atoms with Gasteiger partial charge in [0.2, 0.25) is 0 Å². The molecule has 4 heteroatoms. The van der Waals surface area contributed by atoms with E-state index in [0.29, 0.717) is 0 Å². The molecule has 0 bridgehead atoms. The van der Waals surface area contributed by atoms with Crippen LogP contribution in [0.4, 0.5) is 0 Å². The Bertz CT molecular complexity index is 190. The fourth-order valence-electron chi connectivity index (χ4n) is 1.39. The first-order chi connectivity index (χ1) is 8.31. The Labute approximate surface area is 109 Å². The molecule has 0 radical (unpaired) electrons. The van der Waals surface area contributed by atoms with Gasteiger partial charge >= 0.3 is 0 Å². The van der Waals surface area contributed by atoms with Crippen LogP contribution in [0.25, 0.3) is 0 Å². The Kier molecular flexibility index (Phi) is 13.4. The summed E-state index contributed by atoms with van der Waals surface area (Å²) in [5.41, 5.74) is 0. The average molecular weight is 261 g/mol. The standard InChI is InChI=1S/C10H22OS.C3H5NO/c1-3-5-7-9-12(11)10-8-6-4-2;1-2-5-3-4-1/h3-10H2,1-2H3;3H,1-2H2. The first-order valence-corrected chi connectivity index (χ1v) is 8.25. The highest BCUT2D eigenvalue weighted by Crippen LogP contribution is 2.00. The van der Waals surface area contributed by atoms with Gasteiger partial charge in [-0.3, -0.25) is 9.20 Å². The third-order valence-corrected chi connectivity index (χ3v) is 3.93. The van der Waals surface area contributed by atoms with Crippen LogP contribution < -0.4 is 0 Å². The maximum atomic E-state index is 11.3. The summed E-state index contributed by atoms with van der Waals surface area (Å²) in [5.74, 6) is 1.86. The van der Waals surface area contributed by atoms with E-state index in [-0.39, 0.29) is 0 Å². The molecule has 1 aliphatic rings. The molecular weight excluding hydrogens is 234 g/mol. The summed E-state index contributed by atoms with van der Waals surface area (Å²) in [4.78, 5) is 3.74. The van der Waals surface area contributed by atoms with Crippen molar-refractivity contribution in [3.8, 4) is 0 Å². The van der Waals surface area contributed by atoms with Gasteiger partial charge in [-0.2, -0.15) is 0 Å². The van der Waals surface area contributed by atoms with Crippen molar-refractivity contribution in [2.75, 3.05) is 24.7 Å². The third-order valence-electron chi connectivity index (χ3n) is 2.44. The maximum Gasteiger partial charge on any atom is 0.169 e. The second-order valence-corrected chi connectivity index (χ2v) is 5.84. The molecule has 0 aliphatic carbocycles. The van der Waals surface area contributed by atoms with E-state index in [4.69, 9.17) is 0 Å². The summed E-state index contributed by atoms with van der Waals surface area (Å²) in [5, 5.41) is 0. The Morgan fingerprint density at radius 3 is 2.00 bits per heavy atom. The van der Waals surface area contributed by atoms with Crippen molar-refractivity contribution in [3.63, 3.8) is 0 Å². The molecule has 0 N–H and O–H groups in total. The molecule has 102 valence electrons. The molecule has 1 rings (SSSR count). The molecule has 3 nitrogen and oxygen atoms in total. The van der Waals surface area contributed by atoms with Gasteiger partial charge in [0.1, 0.15) is 6.61 Å². The molecule has 17 heavy (non-hydrogen) atoms.